The molecule has 0 aliphatic heterocycles. The molecule has 0 N–H and O–H groups in total. The maximum Gasteiger partial charge on any atom is 0.158 e. The molecule has 0 bridgehead atoms. The van der Waals surface area contributed by atoms with Crippen LogP contribution >= 0.6 is 0 Å². The summed E-state index contributed by atoms with van der Waals surface area (Å²) in [6, 6.07) is 2.36. The lowest BCUT2D eigenvalue weighted by Crippen LogP contribution is -2.32. The number of nitrogens with zero attached hydrogens (tertiary/aromatic N) is 4. The number of hydrogen-bond acceptors (Lipinski definition) is 4. The van der Waals surface area contributed by atoms with Crippen LogP contribution in [-0.2, 0) is 0 Å². The molecule has 15 heavy (non-hydrogen) atoms. The first-order valence-electron chi connectivity index (χ1n) is 5.17. The zero-order valence-corrected chi connectivity index (χ0v) is 9.44. The van der Waals surface area contributed by atoms with Gasteiger partial charge in [-0.1, -0.05) is 6.92 Å². The largest absolute Gasteiger partial charge is 0.353 e. The van der Waals surface area contributed by atoms with Gasteiger partial charge < -0.3 is 4.90 Å². The summed E-state index contributed by atoms with van der Waals surface area (Å²) in [6.45, 7) is 7.33. The third kappa shape index (κ3) is 2.91. The standard InChI is InChI=1S/C11H16N4/c1-4-5-15(9(2)3)11-8-13-10(6-12)7-14-11/h7-9H,4-5H2,1-3H3. The van der Waals surface area contributed by atoms with Crippen LogP contribution in [0.1, 0.15) is 32.9 Å². The first kappa shape index (κ1) is 11.4. The Kier molecular flexibility index (Phi) is 4.04. The van der Waals surface area contributed by atoms with E-state index in [1.165, 1.54) is 6.20 Å². The first-order chi connectivity index (χ1) is 7.19. The van der Waals surface area contributed by atoms with E-state index < -0.39 is 0 Å². The van der Waals surface area contributed by atoms with Gasteiger partial charge in [-0.2, -0.15) is 5.26 Å². The van der Waals surface area contributed by atoms with Crippen molar-refractivity contribution in [3.8, 4) is 6.07 Å². The van der Waals surface area contributed by atoms with Gasteiger partial charge >= 0.3 is 0 Å². The second-order valence-electron chi connectivity index (χ2n) is 3.66. The van der Waals surface area contributed by atoms with Crippen molar-refractivity contribution in [2.75, 3.05) is 11.4 Å². The molecule has 1 rings (SSSR count). The summed E-state index contributed by atoms with van der Waals surface area (Å²) in [6.07, 6.45) is 4.24. The van der Waals surface area contributed by atoms with Crippen LogP contribution in [0.25, 0.3) is 0 Å². The number of anilines is 1. The topological polar surface area (TPSA) is 52.8 Å². The third-order valence-corrected chi connectivity index (χ3v) is 2.13. The van der Waals surface area contributed by atoms with Crippen molar-refractivity contribution in [1.82, 2.24) is 9.97 Å². The molecule has 0 spiro atoms. The molecular formula is C11H16N4. The van der Waals surface area contributed by atoms with E-state index in [1.54, 1.807) is 6.20 Å². The van der Waals surface area contributed by atoms with E-state index in [9.17, 15) is 0 Å². The monoisotopic (exact) mass is 204 g/mol. The lowest BCUT2D eigenvalue weighted by molar-refractivity contribution is 0.660. The molecule has 0 saturated carbocycles. The molecule has 0 fully saturated rings. The molecule has 1 heterocycles. The van der Waals surface area contributed by atoms with Gasteiger partial charge in [-0.15, -0.1) is 0 Å². The Labute approximate surface area is 90.6 Å². The number of hydrogen-bond donors (Lipinski definition) is 0. The maximum atomic E-state index is 8.61. The Hall–Kier alpha value is -1.63. The molecule has 0 aromatic carbocycles. The molecule has 0 aliphatic carbocycles. The van der Waals surface area contributed by atoms with Gasteiger partial charge in [-0.3, -0.25) is 0 Å². The highest BCUT2D eigenvalue weighted by molar-refractivity contribution is 5.38. The molecular weight excluding hydrogens is 188 g/mol. The molecule has 0 saturated heterocycles. The maximum absolute atomic E-state index is 8.61. The van der Waals surface area contributed by atoms with Crippen molar-refractivity contribution in [3.05, 3.63) is 18.1 Å². The van der Waals surface area contributed by atoms with Crippen LogP contribution < -0.4 is 4.90 Å². The lowest BCUT2D eigenvalue weighted by Gasteiger charge is -2.26. The minimum atomic E-state index is 0.360. The van der Waals surface area contributed by atoms with E-state index in [0.717, 1.165) is 18.8 Å². The summed E-state index contributed by atoms with van der Waals surface area (Å²) in [5, 5.41) is 8.61. The Morgan fingerprint density at radius 3 is 2.53 bits per heavy atom. The minimum Gasteiger partial charge on any atom is -0.353 e. The summed E-state index contributed by atoms with van der Waals surface area (Å²) >= 11 is 0. The van der Waals surface area contributed by atoms with Crippen LogP contribution in [0.3, 0.4) is 0 Å². The second kappa shape index (κ2) is 5.30. The Balaban J connectivity index is 2.87. The van der Waals surface area contributed by atoms with Gasteiger partial charge in [-0.25, -0.2) is 9.97 Å². The molecule has 80 valence electrons. The van der Waals surface area contributed by atoms with Gasteiger partial charge in [0.2, 0.25) is 0 Å². The van der Waals surface area contributed by atoms with E-state index >= 15 is 0 Å². The quantitative estimate of drug-likeness (QED) is 0.752. The van der Waals surface area contributed by atoms with Crippen LogP contribution in [-0.4, -0.2) is 22.6 Å². The fourth-order valence-electron chi connectivity index (χ4n) is 1.41. The van der Waals surface area contributed by atoms with Crippen molar-refractivity contribution in [1.29, 1.82) is 5.26 Å². The highest BCUT2D eigenvalue weighted by Crippen LogP contribution is 2.12. The van der Waals surface area contributed by atoms with E-state index in [0.29, 0.717) is 11.7 Å². The van der Waals surface area contributed by atoms with Crippen molar-refractivity contribution >= 4 is 5.82 Å². The summed E-state index contributed by atoms with van der Waals surface area (Å²) in [5.74, 6) is 0.839. The molecule has 1 aromatic heterocycles. The second-order valence-corrected chi connectivity index (χ2v) is 3.66. The van der Waals surface area contributed by atoms with Gasteiger partial charge in [0.05, 0.1) is 12.4 Å². The fraction of sp³-hybridized carbons (Fsp3) is 0.545. The van der Waals surface area contributed by atoms with Crippen LogP contribution in [0.2, 0.25) is 0 Å². The first-order valence-corrected chi connectivity index (χ1v) is 5.17. The van der Waals surface area contributed by atoms with Crippen molar-refractivity contribution in [2.24, 2.45) is 0 Å². The van der Waals surface area contributed by atoms with E-state index in [-0.39, 0.29) is 0 Å². The van der Waals surface area contributed by atoms with Crippen molar-refractivity contribution < 1.29 is 0 Å². The van der Waals surface area contributed by atoms with Crippen molar-refractivity contribution in [3.63, 3.8) is 0 Å². The molecule has 4 nitrogen and oxygen atoms in total. The molecule has 4 heteroatoms. The third-order valence-electron chi connectivity index (χ3n) is 2.13. The molecule has 0 atom stereocenters. The average molecular weight is 204 g/mol. The summed E-state index contributed by atoms with van der Waals surface area (Å²) < 4.78 is 0. The molecule has 0 radical (unpaired) electrons. The van der Waals surface area contributed by atoms with Gasteiger partial charge in [0.15, 0.2) is 5.69 Å². The molecule has 0 amide bonds. The lowest BCUT2D eigenvalue weighted by atomic mass is 10.3. The summed E-state index contributed by atoms with van der Waals surface area (Å²) in [5.41, 5.74) is 0.360. The Morgan fingerprint density at radius 1 is 1.40 bits per heavy atom. The highest BCUT2D eigenvalue weighted by atomic mass is 15.2. The number of nitriles is 1. The van der Waals surface area contributed by atoms with Gasteiger partial charge in [-0.05, 0) is 20.3 Å². The van der Waals surface area contributed by atoms with Crippen LogP contribution in [0, 0.1) is 11.3 Å². The highest BCUT2D eigenvalue weighted by Gasteiger charge is 2.10. The summed E-state index contributed by atoms with van der Waals surface area (Å²) in [4.78, 5) is 10.4. The van der Waals surface area contributed by atoms with E-state index in [1.807, 2.05) is 6.07 Å². The Bertz CT molecular complexity index is 337. The van der Waals surface area contributed by atoms with Gasteiger partial charge in [0.25, 0.3) is 0 Å². The predicted molar refractivity (Wildman–Crippen MR) is 59.5 cm³/mol. The van der Waals surface area contributed by atoms with E-state index in [4.69, 9.17) is 5.26 Å². The fourth-order valence-corrected chi connectivity index (χ4v) is 1.41. The molecule has 0 unspecified atom stereocenters. The van der Waals surface area contributed by atoms with E-state index in [2.05, 4.69) is 35.6 Å². The smallest absolute Gasteiger partial charge is 0.158 e. The minimum absolute atomic E-state index is 0.360. The number of aromatic nitrogens is 2. The van der Waals surface area contributed by atoms with Crippen LogP contribution in [0.15, 0.2) is 12.4 Å². The predicted octanol–water partition coefficient (Wildman–Crippen LogP) is 1.97. The van der Waals surface area contributed by atoms with Crippen LogP contribution in [0.4, 0.5) is 5.82 Å². The molecule has 1 aromatic rings. The SMILES string of the molecule is CCCN(c1cnc(C#N)cn1)C(C)C. The van der Waals surface area contributed by atoms with Gasteiger partial charge in [0.1, 0.15) is 11.9 Å². The summed E-state index contributed by atoms with van der Waals surface area (Å²) in [7, 11) is 0. The number of rotatable bonds is 4. The zero-order chi connectivity index (χ0) is 11.3. The molecule has 0 aliphatic rings. The van der Waals surface area contributed by atoms with Crippen molar-refractivity contribution in [2.45, 2.75) is 33.2 Å². The zero-order valence-electron chi connectivity index (χ0n) is 9.44. The Morgan fingerprint density at radius 2 is 2.13 bits per heavy atom. The van der Waals surface area contributed by atoms with Crippen LogP contribution in [0.5, 0.6) is 0 Å². The van der Waals surface area contributed by atoms with Gasteiger partial charge in [0, 0.05) is 12.6 Å². The average Bonchev–Trinajstić information content (AvgIpc) is 2.26. The normalized spacial score (nSPS) is 10.1.